The monoisotopic (exact) mass is 232 g/mol. The highest BCUT2D eigenvalue weighted by Gasteiger charge is 2.11. The maximum atomic E-state index is 6.14. The van der Waals surface area contributed by atoms with Gasteiger partial charge in [-0.05, 0) is 30.9 Å². The number of rotatable bonds is 7. The molecule has 0 aliphatic heterocycles. The summed E-state index contributed by atoms with van der Waals surface area (Å²) in [6.07, 6.45) is 5.14. The van der Waals surface area contributed by atoms with Gasteiger partial charge in [-0.1, -0.05) is 31.2 Å². The van der Waals surface area contributed by atoms with E-state index in [4.69, 9.17) is 5.73 Å². The quantitative estimate of drug-likeness (QED) is 0.576. The van der Waals surface area contributed by atoms with E-state index >= 15 is 0 Å². The number of unbranched alkanes of at least 4 members (excludes halogenated alkanes) is 1. The number of hydrogen-bond acceptors (Lipinski definition) is 2. The molecule has 1 aromatic carbocycles. The summed E-state index contributed by atoms with van der Waals surface area (Å²) in [7, 11) is 2.13. The zero-order chi connectivity index (χ0) is 12.7. The van der Waals surface area contributed by atoms with Crippen molar-refractivity contribution in [1.29, 1.82) is 0 Å². The Morgan fingerprint density at radius 1 is 1.41 bits per heavy atom. The normalized spacial score (nSPS) is 12.2. The summed E-state index contributed by atoms with van der Waals surface area (Å²) in [5.74, 6) is 0. The Morgan fingerprint density at radius 2 is 2.12 bits per heavy atom. The van der Waals surface area contributed by atoms with Crippen molar-refractivity contribution in [3.63, 3.8) is 0 Å². The van der Waals surface area contributed by atoms with Gasteiger partial charge in [0, 0.05) is 25.3 Å². The molecule has 0 unspecified atom stereocenters. The van der Waals surface area contributed by atoms with Gasteiger partial charge in [0.25, 0.3) is 0 Å². The molecule has 0 aliphatic carbocycles. The second-order valence-electron chi connectivity index (χ2n) is 4.43. The number of hydrogen-bond donors (Lipinski definition) is 1. The average Bonchev–Trinajstić information content (AvgIpc) is 2.38. The Morgan fingerprint density at radius 3 is 2.76 bits per heavy atom. The van der Waals surface area contributed by atoms with Crippen molar-refractivity contribution in [2.45, 2.75) is 32.2 Å². The van der Waals surface area contributed by atoms with E-state index in [1.165, 1.54) is 11.3 Å². The molecule has 2 heteroatoms. The van der Waals surface area contributed by atoms with Gasteiger partial charge < -0.3 is 10.6 Å². The van der Waals surface area contributed by atoms with Crippen molar-refractivity contribution in [3.8, 4) is 0 Å². The SMILES string of the molecule is C=CCCCN(C)c1ccccc1[C@H](N)CC. The van der Waals surface area contributed by atoms with Gasteiger partial charge in [-0.3, -0.25) is 0 Å². The fraction of sp³-hybridized carbons (Fsp3) is 0.467. The van der Waals surface area contributed by atoms with E-state index < -0.39 is 0 Å². The van der Waals surface area contributed by atoms with E-state index in [0.29, 0.717) is 0 Å². The van der Waals surface area contributed by atoms with Crippen molar-refractivity contribution in [1.82, 2.24) is 0 Å². The Balaban J connectivity index is 2.77. The van der Waals surface area contributed by atoms with Crippen molar-refractivity contribution in [3.05, 3.63) is 42.5 Å². The molecule has 2 N–H and O–H groups in total. The third-order valence-electron chi connectivity index (χ3n) is 3.09. The van der Waals surface area contributed by atoms with Crippen LogP contribution >= 0.6 is 0 Å². The average molecular weight is 232 g/mol. The molecule has 0 radical (unpaired) electrons. The highest BCUT2D eigenvalue weighted by atomic mass is 15.1. The van der Waals surface area contributed by atoms with Crippen molar-refractivity contribution < 1.29 is 0 Å². The fourth-order valence-electron chi connectivity index (χ4n) is 1.96. The molecule has 0 spiro atoms. The number of para-hydroxylation sites is 1. The molecule has 0 saturated heterocycles. The summed E-state index contributed by atoms with van der Waals surface area (Å²) in [5.41, 5.74) is 8.65. The van der Waals surface area contributed by atoms with Gasteiger partial charge in [0.15, 0.2) is 0 Å². The van der Waals surface area contributed by atoms with Crippen LogP contribution in [0.25, 0.3) is 0 Å². The molecule has 0 amide bonds. The zero-order valence-corrected chi connectivity index (χ0v) is 11.0. The van der Waals surface area contributed by atoms with Crippen LogP contribution < -0.4 is 10.6 Å². The molecule has 0 heterocycles. The van der Waals surface area contributed by atoms with Crippen molar-refractivity contribution >= 4 is 5.69 Å². The Kier molecular flexibility index (Phi) is 5.78. The minimum Gasteiger partial charge on any atom is -0.374 e. The first-order valence-corrected chi connectivity index (χ1v) is 6.37. The van der Waals surface area contributed by atoms with E-state index in [1.807, 2.05) is 6.08 Å². The molecule has 1 rings (SSSR count). The van der Waals surface area contributed by atoms with Gasteiger partial charge in [0.2, 0.25) is 0 Å². The fourth-order valence-corrected chi connectivity index (χ4v) is 1.96. The third kappa shape index (κ3) is 3.90. The lowest BCUT2D eigenvalue weighted by atomic mass is 10.0. The smallest absolute Gasteiger partial charge is 0.0412 e. The van der Waals surface area contributed by atoms with Crippen LogP contribution in [0, 0.1) is 0 Å². The minimum atomic E-state index is 0.132. The standard InChI is InChI=1S/C15H24N2/c1-4-6-9-12-17(3)15-11-8-7-10-13(15)14(16)5-2/h4,7-8,10-11,14H,1,5-6,9,12,16H2,2-3H3/t14-/m1/s1. The first kappa shape index (κ1) is 13.8. The molecule has 0 aromatic heterocycles. The Bertz CT molecular complexity index is 347. The molecule has 1 aromatic rings. The largest absolute Gasteiger partial charge is 0.374 e. The van der Waals surface area contributed by atoms with Crippen LogP contribution in [0.2, 0.25) is 0 Å². The van der Waals surface area contributed by atoms with E-state index in [9.17, 15) is 0 Å². The van der Waals surface area contributed by atoms with Crippen molar-refractivity contribution in [2.24, 2.45) is 5.73 Å². The summed E-state index contributed by atoms with van der Waals surface area (Å²) in [5, 5.41) is 0. The van der Waals surface area contributed by atoms with E-state index in [1.54, 1.807) is 0 Å². The van der Waals surface area contributed by atoms with Crippen LogP contribution in [0.3, 0.4) is 0 Å². The summed E-state index contributed by atoms with van der Waals surface area (Å²) in [4.78, 5) is 2.29. The molecule has 1 atom stereocenters. The Labute approximate surface area is 105 Å². The maximum absolute atomic E-state index is 6.14. The van der Waals surface area contributed by atoms with Gasteiger partial charge in [0.1, 0.15) is 0 Å². The maximum Gasteiger partial charge on any atom is 0.0412 e. The zero-order valence-electron chi connectivity index (χ0n) is 11.0. The minimum absolute atomic E-state index is 0.132. The topological polar surface area (TPSA) is 29.3 Å². The second-order valence-corrected chi connectivity index (χ2v) is 4.43. The predicted octanol–water partition coefficient (Wildman–Crippen LogP) is 3.50. The first-order chi connectivity index (χ1) is 8.20. The summed E-state index contributed by atoms with van der Waals surface area (Å²) < 4.78 is 0. The van der Waals surface area contributed by atoms with Crippen LogP contribution in [-0.2, 0) is 0 Å². The van der Waals surface area contributed by atoms with Crippen LogP contribution in [-0.4, -0.2) is 13.6 Å². The molecule has 2 nitrogen and oxygen atoms in total. The molecular formula is C15H24N2. The summed E-state index contributed by atoms with van der Waals surface area (Å²) in [6.45, 7) is 6.92. The molecule has 17 heavy (non-hydrogen) atoms. The number of benzene rings is 1. The van der Waals surface area contributed by atoms with Crippen LogP contribution in [0.15, 0.2) is 36.9 Å². The molecule has 0 aliphatic rings. The lowest BCUT2D eigenvalue weighted by Crippen LogP contribution is -2.22. The van der Waals surface area contributed by atoms with Gasteiger partial charge in [-0.2, -0.15) is 0 Å². The number of nitrogens with two attached hydrogens (primary N) is 1. The van der Waals surface area contributed by atoms with Crippen LogP contribution in [0.1, 0.15) is 37.8 Å². The lowest BCUT2D eigenvalue weighted by Gasteiger charge is -2.24. The van der Waals surface area contributed by atoms with E-state index in [0.717, 1.165) is 25.8 Å². The molecule has 0 saturated carbocycles. The van der Waals surface area contributed by atoms with Crippen LogP contribution in [0.5, 0.6) is 0 Å². The number of anilines is 1. The molecule has 0 bridgehead atoms. The highest BCUT2D eigenvalue weighted by Crippen LogP contribution is 2.26. The molecular weight excluding hydrogens is 208 g/mol. The van der Waals surface area contributed by atoms with E-state index in [2.05, 4.69) is 49.7 Å². The van der Waals surface area contributed by atoms with Gasteiger partial charge >= 0.3 is 0 Å². The summed E-state index contributed by atoms with van der Waals surface area (Å²) in [6, 6.07) is 8.55. The van der Waals surface area contributed by atoms with Gasteiger partial charge in [-0.15, -0.1) is 6.58 Å². The van der Waals surface area contributed by atoms with Gasteiger partial charge in [-0.25, -0.2) is 0 Å². The summed E-state index contributed by atoms with van der Waals surface area (Å²) >= 11 is 0. The van der Waals surface area contributed by atoms with Crippen molar-refractivity contribution in [2.75, 3.05) is 18.5 Å². The van der Waals surface area contributed by atoms with E-state index in [-0.39, 0.29) is 6.04 Å². The first-order valence-electron chi connectivity index (χ1n) is 6.37. The molecule has 94 valence electrons. The van der Waals surface area contributed by atoms with Gasteiger partial charge in [0.05, 0.1) is 0 Å². The second kappa shape index (κ2) is 7.13. The lowest BCUT2D eigenvalue weighted by molar-refractivity contribution is 0.691. The molecule has 0 fully saturated rings. The Hall–Kier alpha value is -1.28. The van der Waals surface area contributed by atoms with Crippen LogP contribution in [0.4, 0.5) is 5.69 Å². The highest BCUT2D eigenvalue weighted by molar-refractivity contribution is 5.54. The number of allylic oxidation sites excluding steroid dienone is 1. The predicted molar refractivity (Wildman–Crippen MR) is 76.4 cm³/mol. The third-order valence-corrected chi connectivity index (χ3v) is 3.09. The number of nitrogens with zero attached hydrogens (tertiary/aromatic N) is 1.